The molecule has 0 radical (unpaired) electrons. The van der Waals surface area contributed by atoms with Gasteiger partial charge < -0.3 is 15.1 Å². The Morgan fingerprint density at radius 1 is 1.12 bits per heavy atom. The molecule has 208 valence electrons. The number of halogens is 3. The van der Waals surface area contributed by atoms with Gasteiger partial charge >= 0.3 is 6.18 Å². The van der Waals surface area contributed by atoms with Gasteiger partial charge in [-0.1, -0.05) is 6.07 Å². The Morgan fingerprint density at radius 2 is 1.90 bits per heavy atom. The Morgan fingerprint density at radius 3 is 2.50 bits per heavy atom. The summed E-state index contributed by atoms with van der Waals surface area (Å²) in [6, 6.07) is 8.99. The highest BCUT2D eigenvalue weighted by atomic mass is 19.4. The van der Waals surface area contributed by atoms with Crippen molar-refractivity contribution in [3.05, 3.63) is 71.4 Å². The molecule has 2 fully saturated rings. The lowest BCUT2D eigenvalue weighted by atomic mass is 9.72. The maximum Gasteiger partial charge on any atom is 0.416 e. The van der Waals surface area contributed by atoms with E-state index in [0.29, 0.717) is 37.3 Å². The number of likely N-dealkylation sites (tertiary alicyclic amines) is 1. The molecule has 11 heteroatoms. The van der Waals surface area contributed by atoms with Gasteiger partial charge in [0.05, 0.1) is 33.6 Å². The van der Waals surface area contributed by atoms with Gasteiger partial charge in [0.2, 0.25) is 5.91 Å². The molecule has 0 bridgehead atoms. The fraction of sp³-hybridized carbons (Fsp3) is 0.414. The summed E-state index contributed by atoms with van der Waals surface area (Å²) < 4.78 is 39.7. The summed E-state index contributed by atoms with van der Waals surface area (Å²) in [4.78, 5) is 31.0. The summed E-state index contributed by atoms with van der Waals surface area (Å²) in [7, 11) is 2.02. The van der Waals surface area contributed by atoms with E-state index in [4.69, 9.17) is 0 Å². The van der Waals surface area contributed by atoms with Crippen molar-refractivity contribution in [1.29, 1.82) is 5.26 Å². The van der Waals surface area contributed by atoms with Crippen LogP contribution in [0.1, 0.15) is 41.6 Å². The number of pyridine rings is 1. The number of nitriles is 1. The molecule has 8 nitrogen and oxygen atoms in total. The van der Waals surface area contributed by atoms with E-state index in [0.717, 1.165) is 48.5 Å². The Hall–Kier alpha value is -4.04. The first-order valence-corrected chi connectivity index (χ1v) is 13.2. The third kappa shape index (κ3) is 5.36. The lowest BCUT2D eigenvalue weighted by Crippen LogP contribution is -2.54. The second-order valence-electron chi connectivity index (χ2n) is 10.6. The second-order valence-corrected chi connectivity index (χ2v) is 10.6. The molecule has 0 spiro atoms. The first-order valence-electron chi connectivity index (χ1n) is 13.2. The van der Waals surface area contributed by atoms with Crippen molar-refractivity contribution in [2.45, 2.75) is 43.8 Å². The molecule has 1 atom stereocenters. The molecule has 2 aliphatic rings. The first-order chi connectivity index (χ1) is 19.1. The van der Waals surface area contributed by atoms with Crippen LogP contribution in [0, 0.1) is 18.3 Å². The lowest BCUT2D eigenvalue weighted by Gasteiger charge is -2.42. The molecule has 40 heavy (non-hydrogen) atoms. The minimum absolute atomic E-state index is 0.0350. The molecule has 3 aromatic rings. The number of piperidine rings is 1. The standard InChI is InChI=1S/C29H30F3N7O/c1-19-24(16-34-18-36-19)25-5-3-22(15-35-25)28(27(40)37-23-7-10-38(2)17-23)8-11-39(12-9-28)26-6-4-21(29(30,31)32)13-20(26)14-33/h3-6,13,15-16,18,23H,7-12,17H2,1-2H3,(H,37,40)/t23-/m1/s1. The molecule has 0 unspecified atom stereocenters. The summed E-state index contributed by atoms with van der Waals surface area (Å²) in [5, 5.41) is 12.8. The van der Waals surface area contributed by atoms with E-state index in [2.05, 4.69) is 25.2 Å². The SMILES string of the molecule is Cc1ncncc1-c1ccc(C2(C(=O)N[C@@H]3CCN(C)C3)CCN(c3ccc(C(F)(F)F)cc3C#N)CC2)cn1. The van der Waals surface area contributed by atoms with E-state index < -0.39 is 17.2 Å². The van der Waals surface area contributed by atoms with Gasteiger partial charge in [0.15, 0.2) is 0 Å². The van der Waals surface area contributed by atoms with Crippen LogP contribution in [0.2, 0.25) is 0 Å². The predicted molar refractivity (Wildman–Crippen MR) is 143 cm³/mol. The number of rotatable bonds is 5. The summed E-state index contributed by atoms with van der Waals surface area (Å²) >= 11 is 0. The van der Waals surface area contributed by atoms with Crippen LogP contribution in [-0.2, 0) is 16.4 Å². The van der Waals surface area contributed by atoms with E-state index in [-0.39, 0.29) is 17.5 Å². The Labute approximate surface area is 230 Å². The number of benzene rings is 1. The molecule has 5 rings (SSSR count). The van der Waals surface area contributed by atoms with Crippen LogP contribution in [0.15, 0.2) is 49.1 Å². The fourth-order valence-electron chi connectivity index (χ4n) is 5.71. The van der Waals surface area contributed by atoms with Crippen molar-refractivity contribution >= 4 is 11.6 Å². The van der Waals surface area contributed by atoms with Gasteiger partial charge in [-0.3, -0.25) is 9.78 Å². The van der Waals surface area contributed by atoms with Crippen LogP contribution in [-0.4, -0.2) is 65.0 Å². The van der Waals surface area contributed by atoms with Gasteiger partial charge in [0.25, 0.3) is 0 Å². The zero-order chi connectivity index (χ0) is 28.5. The normalized spacial score (nSPS) is 19.3. The maximum absolute atomic E-state index is 13.9. The van der Waals surface area contributed by atoms with E-state index in [1.54, 1.807) is 12.4 Å². The number of alkyl halides is 3. The minimum Gasteiger partial charge on any atom is -0.370 e. The third-order valence-corrected chi connectivity index (χ3v) is 8.07. The Kier molecular flexibility index (Phi) is 7.47. The zero-order valence-corrected chi connectivity index (χ0v) is 22.4. The van der Waals surface area contributed by atoms with Crippen molar-refractivity contribution in [2.24, 2.45) is 0 Å². The molecule has 1 N–H and O–H groups in total. The number of carbonyl (C=O) groups excluding carboxylic acids is 1. The number of nitrogens with zero attached hydrogens (tertiary/aromatic N) is 6. The largest absolute Gasteiger partial charge is 0.416 e. The number of hydrogen-bond acceptors (Lipinski definition) is 7. The van der Waals surface area contributed by atoms with E-state index in [9.17, 15) is 23.2 Å². The number of carbonyl (C=O) groups is 1. The van der Waals surface area contributed by atoms with Crippen LogP contribution in [0.3, 0.4) is 0 Å². The third-order valence-electron chi connectivity index (χ3n) is 8.07. The summed E-state index contributed by atoms with van der Waals surface area (Å²) in [6.07, 6.45) is 2.09. The van der Waals surface area contributed by atoms with E-state index in [1.807, 2.05) is 37.1 Å². The summed E-state index contributed by atoms with van der Waals surface area (Å²) in [6.45, 7) is 4.35. The molecule has 0 aliphatic carbocycles. The fourth-order valence-corrected chi connectivity index (χ4v) is 5.71. The molecule has 2 aliphatic heterocycles. The van der Waals surface area contributed by atoms with Crippen LogP contribution in [0.5, 0.6) is 0 Å². The minimum atomic E-state index is -4.53. The monoisotopic (exact) mass is 549 g/mol. The molecule has 0 saturated carbocycles. The number of likely N-dealkylation sites (N-methyl/N-ethyl adjacent to an activating group) is 1. The van der Waals surface area contributed by atoms with Crippen LogP contribution >= 0.6 is 0 Å². The number of aryl methyl sites for hydroxylation is 1. The molecule has 4 heterocycles. The average Bonchev–Trinajstić information content (AvgIpc) is 3.36. The van der Waals surface area contributed by atoms with Crippen LogP contribution < -0.4 is 10.2 Å². The van der Waals surface area contributed by atoms with Crippen molar-refractivity contribution in [3.63, 3.8) is 0 Å². The highest BCUT2D eigenvalue weighted by Gasteiger charge is 2.44. The van der Waals surface area contributed by atoms with Gasteiger partial charge in [-0.05, 0) is 69.6 Å². The number of hydrogen-bond donors (Lipinski definition) is 1. The van der Waals surface area contributed by atoms with E-state index >= 15 is 0 Å². The van der Waals surface area contributed by atoms with Crippen LogP contribution in [0.4, 0.5) is 18.9 Å². The maximum atomic E-state index is 13.9. The number of amides is 1. The predicted octanol–water partition coefficient (Wildman–Crippen LogP) is 4.10. The lowest BCUT2D eigenvalue weighted by molar-refractivity contribution is -0.137. The van der Waals surface area contributed by atoms with Crippen molar-refractivity contribution < 1.29 is 18.0 Å². The molecular weight excluding hydrogens is 519 g/mol. The molecule has 1 aromatic carbocycles. The molecule has 2 aromatic heterocycles. The molecule has 2 saturated heterocycles. The van der Waals surface area contributed by atoms with E-state index in [1.165, 1.54) is 12.4 Å². The second kappa shape index (κ2) is 10.8. The molecular formula is C29H30F3N7O. The number of anilines is 1. The summed E-state index contributed by atoms with van der Waals surface area (Å²) in [5.74, 6) is -0.0749. The average molecular weight is 550 g/mol. The zero-order valence-electron chi connectivity index (χ0n) is 22.4. The van der Waals surface area contributed by atoms with Crippen molar-refractivity contribution in [3.8, 4) is 17.3 Å². The van der Waals surface area contributed by atoms with Gasteiger partial charge in [-0.2, -0.15) is 18.4 Å². The van der Waals surface area contributed by atoms with Gasteiger partial charge in [-0.15, -0.1) is 0 Å². The summed E-state index contributed by atoms with van der Waals surface area (Å²) in [5.41, 5.74) is 1.77. The van der Waals surface area contributed by atoms with Crippen molar-refractivity contribution in [2.75, 3.05) is 38.1 Å². The van der Waals surface area contributed by atoms with Gasteiger partial charge in [-0.25, -0.2) is 9.97 Å². The molecule has 1 amide bonds. The Balaban J connectivity index is 1.43. The van der Waals surface area contributed by atoms with Gasteiger partial charge in [0, 0.05) is 43.6 Å². The topological polar surface area (TPSA) is 98.0 Å². The highest BCUT2D eigenvalue weighted by molar-refractivity contribution is 5.89. The smallest absolute Gasteiger partial charge is 0.370 e. The van der Waals surface area contributed by atoms with Crippen LogP contribution in [0.25, 0.3) is 11.3 Å². The Bertz CT molecular complexity index is 1430. The van der Waals surface area contributed by atoms with Crippen molar-refractivity contribution in [1.82, 2.24) is 25.2 Å². The number of aromatic nitrogens is 3. The number of nitrogens with one attached hydrogen (secondary N) is 1. The first kappa shape index (κ1) is 27.5. The van der Waals surface area contributed by atoms with Gasteiger partial charge in [0.1, 0.15) is 12.4 Å². The highest BCUT2D eigenvalue weighted by Crippen LogP contribution is 2.40. The quantitative estimate of drug-likeness (QED) is 0.512.